The van der Waals surface area contributed by atoms with Gasteiger partial charge in [0.2, 0.25) is 0 Å². The van der Waals surface area contributed by atoms with E-state index in [1.807, 2.05) is 12.1 Å². The summed E-state index contributed by atoms with van der Waals surface area (Å²) < 4.78 is 4.79. The minimum Gasteiger partial charge on any atom is -0.466 e. The molecule has 4 heteroatoms. The number of halogens is 1. The summed E-state index contributed by atoms with van der Waals surface area (Å²) in [6.07, 6.45) is 3.80. The molecule has 0 aliphatic heterocycles. The van der Waals surface area contributed by atoms with Crippen molar-refractivity contribution in [3.05, 3.63) is 34.9 Å². The van der Waals surface area contributed by atoms with Gasteiger partial charge in [-0.25, -0.2) is 0 Å². The van der Waals surface area contributed by atoms with E-state index in [0.717, 1.165) is 5.56 Å². The number of hydrogen-bond donors (Lipinski definition) is 1. The van der Waals surface area contributed by atoms with Crippen LogP contribution in [0.5, 0.6) is 0 Å². The molecule has 0 saturated carbocycles. The average Bonchev–Trinajstić information content (AvgIpc) is 2.24. The van der Waals surface area contributed by atoms with Crippen LogP contribution >= 0.6 is 11.6 Å². The maximum atomic E-state index is 11.0. The minimum atomic E-state index is -0.236. The first-order valence-electron chi connectivity index (χ1n) is 5.00. The predicted octanol–water partition coefficient (Wildman–Crippen LogP) is 2.89. The Kier molecular flexibility index (Phi) is 4.86. The highest BCUT2D eigenvalue weighted by atomic mass is 35.5. The summed E-state index contributed by atoms with van der Waals surface area (Å²) >= 11 is 5.85. The van der Waals surface area contributed by atoms with E-state index >= 15 is 0 Å². The Balaban J connectivity index is 2.56. The number of anilines is 1. The van der Waals surface area contributed by atoms with Crippen LogP contribution in [-0.2, 0) is 9.53 Å². The van der Waals surface area contributed by atoms with Crippen molar-refractivity contribution >= 4 is 29.3 Å². The highest BCUT2D eigenvalue weighted by Crippen LogP contribution is 2.20. The van der Waals surface area contributed by atoms with Crippen molar-refractivity contribution in [2.75, 3.05) is 12.3 Å². The van der Waals surface area contributed by atoms with Gasteiger partial charge in [-0.2, -0.15) is 0 Å². The lowest BCUT2D eigenvalue weighted by atomic mass is 10.2. The molecule has 0 saturated heterocycles. The van der Waals surface area contributed by atoms with Gasteiger partial charge in [0.25, 0.3) is 0 Å². The Morgan fingerprint density at radius 2 is 2.31 bits per heavy atom. The summed E-state index contributed by atoms with van der Waals surface area (Å²) in [5.74, 6) is -0.236. The van der Waals surface area contributed by atoms with Gasteiger partial charge in [0.1, 0.15) is 0 Å². The second-order valence-electron chi connectivity index (χ2n) is 3.19. The minimum absolute atomic E-state index is 0.236. The second-order valence-corrected chi connectivity index (χ2v) is 3.60. The van der Waals surface area contributed by atoms with E-state index in [9.17, 15) is 4.79 Å². The van der Waals surface area contributed by atoms with E-state index in [0.29, 0.717) is 17.3 Å². The van der Waals surface area contributed by atoms with E-state index in [2.05, 4.69) is 0 Å². The largest absolute Gasteiger partial charge is 0.466 e. The molecular formula is C12H14ClNO2. The van der Waals surface area contributed by atoms with Crippen molar-refractivity contribution < 1.29 is 9.53 Å². The zero-order valence-corrected chi connectivity index (χ0v) is 9.83. The fraction of sp³-hybridized carbons (Fsp3) is 0.250. The van der Waals surface area contributed by atoms with E-state index in [4.69, 9.17) is 22.1 Å². The Labute approximate surface area is 99.8 Å². The van der Waals surface area contributed by atoms with Gasteiger partial charge in [0.15, 0.2) is 0 Å². The molecule has 0 fully saturated rings. The highest BCUT2D eigenvalue weighted by Gasteiger charge is 1.98. The number of carbonyl (C=O) groups excluding carboxylic acids is 1. The van der Waals surface area contributed by atoms with Crippen LogP contribution in [0.4, 0.5) is 5.69 Å². The van der Waals surface area contributed by atoms with Crippen molar-refractivity contribution in [1.82, 2.24) is 0 Å². The molecule has 1 aromatic rings. The van der Waals surface area contributed by atoms with Crippen LogP contribution in [-0.4, -0.2) is 12.6 Å². The molecule has 0 spiro atoms. The summed E-state index contributed by atoms with van der Waals surface area (Å²) in [7, 11) is 0. The monoisotopic (exact) mass is 239 g/mol. The molecular weight excluding hydrogens is 226 g/mol. The van der Waals surface area contributed by atoms with Gasteiger partial charge in [-0.1, -0.05) is 29.8 Å². The van der Waals surface area contributed by atoms with Gasteiger partial charge < -0.3 is 10.5 Å². The molecule has 1 aromatic carbocycles. The molecule has 0 aliphatic carbocycles. The third kappa shape index (κ3) is 3.95. The predicted molar refractivity (Wildman–Crippen MR) is 66.1 cm³/mol. The molecule has 0 amide bonds. The number of hydrogen-bond acceptors (Lipinski definition) is 3. The maximum absolute atomic E-state index is 11.0. The molecule has 0 aliphatic rings. The SMILES string of the molecule is CCOC(=O)CC=Cc1ccc(N)c(Cl)c1. The fourth-order valence-electron chi connectivity index (χ4n) is 1.16. The number of ether oxygens (including phenoxy) is 1. The van der Waals surface area contributed by atoms with Gasteiger partial charge in [-0.15, -0.1) is 0 Å². The molecule has 0 atom stereocenters. The van der Waals surface area contributed by atoms with Crippen LogP contribution in [0.25, 0.3) is 6.08 Å². The summed E-state index contributed by atoms with van der Waals surface area (Å²) in [5.41, 5.74) is 7.03. The van der Waals surface area contributed by atoms with Gasteiger partial charge >= 0.3 is 5.97 Å². The number of carbonyl (C=O) groups is 1. The third-order valence-corrected chi connectivity index (χ3v) is 2.25. The number of nitrogen functional groups attached to an aromatic ring is 1. The van der Waals surface area contributed by atoms with E-state index < -0.39 is 0 Å². The van der Waals surface area contributed by atoms with E-state index in [1.165, 1.54) is 0 Å². The van der Waals surface area contributed by atoms with Gasteiger partial charge in [0, 0.05) is 0 Å². The molecule has 0 aromatic heterocycles. The maximum Gasteiger partial charge on any atom is 0.309 e. The highest BCUT2D eigenvalue weighted by molar-refractivity contribution is 6.33. The molecule has 0 heterocycles. The Morgan fingerprint density at radius 3 is 2.94 bits per heavy atom. The third-order valence-electron chi connectivity index (χ3n) is 1.92. The molecule has 1 rings (SSSR count). The Hall–Kier alpha value is -1.48. The first kappa shape index (κ1) is 12.6. The number of benzene rings is 1. The van der Waals surface area contributed by atoms with E-state index in [-0.39, 0.29) is 12.4 Å². The van der Waals surface area contributed by atoms with Crippen LogP contribution in [0.15, 0.2) is 24.3 Å². The zero-order valence-electron chi connectivity index (χ0n) is 9.07. The Morgan fingerprint density at radius 1 is 1.56 bits per heavy atom. The quantitative estimate of drug-likeness (QED) is 0.649. The number of esters is 1. The molecule has 0 radical (unpaired) electrons. The fourth-order valence-corrected chi connectivity index (χ4v) is 1.35. The van der Waals surface area contributed by atoms with Crippen molar-refractivity contribution in [3.63, 3.8) is 0 Å². The molecule has 0 unspecified atom stereocenters. The first-order valence-corrected chi connectivity index (χ1v) is 5.38. The average molecular weight is 240 g/mol. The first-order chi connectivity index (χ1) is 7.63. The van der Waals surface area contributed by atoms with Gasteiger partial charge in [-0.3, -0.25) is 4.79 Å². The summed E-state index contributed by atoms with van der Waals surface area (Å²) in [6.45, 7) is 2.18. The lowest BCUT2D eigenvalue weighted by molar-refractivity contribution is -0.142. The van der Waals surface area contributed by atoms with Crippen LogP contribution in [0, 0.1) is 0 Å². The van der Waals surface area contributed by atoms with Crippen molar-refractivity contribution in [2.24, 2.45) is 0 Å². The lowest BCUT2D eigenvalue weighted by Gasteiger charge is -1.99. The number of nitrogens with two attached hydrogens (primary N) is 1. The van der Waals surface area contributed by atoms with Crippen LogP contribution < -0.4 is 5.73 Å². The molecule has 0 bridgehead atoms. The number of rotatable bonds is 4. The topological polar surface area (TPSA) is 52.3 Å². The van der Waals surface area contributed by atoms with Crippen molar-refractivity contribution in [1.29, 1.82) is 0 Å². The molecule has 16 heavy (non-hydrogen) atoms. The Bertz CT molecular complexity index is 402. The second kappa shape index (κ2) is 6.18. The van der Waals surface area contributed by atoms with Crippen LogP contribution in [0.3, 0.4) is 0 Å². The van der Waals surface area contributed by atoms with Crippen LogP contribution in [0.1, 0.15) is 18.9 Å². The molecule has 86 valence electrons. The summed E-state index contributed by atoms with van der Waals surface area (Å²) in [6, 6.07) is 5.31. The van der Waals surface area contributed by atoms with Crippen molar-refractivity contribution in [3.8, 4) is 0 Å². The van der Waals surface area contributed by atoms with Gasteiger partial charge in [-0.05, 0) is 24.6 Å². The summed E-state index contributed by atoms with van der Waals surface area (Å²) in [5, 5.41) is 0.512. The van der Waals surface area contributed by atoms with Crippen molar-refractivity contribution in [2.45, 2.75) is 13.3 Å². The standard InChI is InChI=1S/C12H14ClNO2/c1-2-16-12(15)5-3-4-9-6-7-11(14)10(13)8-9/h3-4,6-8H,2,5,14H2,1H3. The molecule has 2 N–H and O–H groups in total. The normalized spacial score (nSPS) is 10.6. The summed E-state index contributed by atoms with van der Waals surface area (Å²) in [4.78, 5) is 11.0. The zero-order chi connectivity index (χ0) is 12.0. The smallest absolute Gasteiger partial charge is 0.309 e. The van der Waals surface area contributed by atoms with Crippen LogP contribution in [0.2, 0.25) is 5.02 Å². The lowest BCUT2D eigenvalue weighted by Crippen LogP contribution is -2.01. The van der Waals surface area contributed by atoms with Gasteiger partial charge in [0.05, 0.1) is 23.7 Å². The molecule has 3 nitrogen and oxygen atoms in total. The van der Waals surface area contributed by atoms with E-state index in [1.54, 1.807) is 25.1 Å².